The molecule has 1 saturated heterocycles. The molecule has 4 nitrogen and oxygen atoms in total. The molecule has 0 aromatic heterocycles. The molecule has 0 unspecified atom stereocenters. The summed E-state index contributed by atoms with van der Waals surface area (Å²) in [7, 11) is 0. The first kappa shape index (κ1) is 16.4. The lowest BCUT2D eigenvalue weighted by Crippen LogP contribution is -2.22. The van der Waals surface area contributed by atoms with E-state index >= 15 is 0 Å². The van der Waals surface area contributed by atoms with Crippen molar-refractivity contribution in [3.05, 3.63) is 24.3 Å². The van der Waals surface area contributed by atoms with Gasteiger partial charge in [0.15, 0.2) is 5.79 Å². The van der Waals surface area contributed by atoms with Gasteiger partial charge in [0.1, 0.15) is 0 Å². The summed E-state index contributed by atoms with van der Waals surface area (Å²) in [4.78, 5) is 0. The molecule has 0 aliphatic carbocycles. The Morgan fingerprint density at radius 2 is 1.26 bits per heavy atom. The molecule has 110 valence electrons. The fraction of sp³-hybridized carbons (Fsp3) is 0.733. The van der Waals surface area contributed by atoms with Gasteiger partial charge in [0.2, 0.25) is 0 Å². The number of hydrogen-bond acceptors (Lipinski definition) is 4. The van der Waals surface area contributed by atoms with Gasteiger partial charge >= 0.3 is 0 Å². The third-order valence-corrected chi connectivity index (χ3v) is 3.06. The highest BCUT2D eigenvalue weighted by molar-refractivity contribution is 4.89. The SMILES string of the molecule is CC1(C)O[C@@H](CC/C=C/CO)[C@H](CC/C=C/CO)O1. The summed E-state index contributed by atoms with van der Waals surface area (Å²) >= 11 is 0. The van der Waals surface area contributed by atoms with Crippen molar-refractivity contribution in [3.63, 3.8) is 0 Å². The van der Waals surface area contributed by atoms with Crippen molar-refractivity contribution in [2.75, 3.05) is 13.2 Å². The molecule has 0 bridgehead atoms. The molecule has 1 aliphatic rings. The molecule has 0 aromatic carbocycles. The highest BCUT2D eigenvalue weighted by Crippen LogP contribution is 2.32. The van der Waals surface area contributed by atoms with Crippen molar-refractivity contribution in [1.29, 1.82) is 0 Å². The van der Waals surface area contributed by atoms with Crippen LogP contribution in [0.4, 0.5) is 0 Å². The molecular weight excluding hydrogens is 244 g/mol. The van der Waals surface area contributed by atoms with Crippen LogP contribution in [0.1, 0.15) is 39.5 Å². The molecule has 0 aromatic rings. The summed E-state index contributed by atoms with van der Waals surface area (Å²) in [6, 6.07) is 0. The molecule has 0 amide bonds. The molecule has 0 saturated carbocycles. The maximum Gasteiger partial charge on any atom is 0.163 e. The zero-order valence-electron chi connectivity index (χ0n) is 11.9. The van der Waals surface area contributed by atoms with Gasteiger partial charge in [-0.15, -0.1) is 0 Å². The van der Waals surface area contributed by atoms with Crippen LogP contribution < -0.4 is 0 Å². The Bertz CT molecular complexity index is 269. The first-order chi connectivity index (χ1) is 9.09. The zero-order valence-corrected chi connectivity index (χ0v) is 11.9. The molecular formula is C15H26O4. The highest BCUT2D eigenvalue weighted by atomic mass is 16.7. The van der Waals surface area contributed by atoms with Crippen molar-refractivity contribution >= 4 is 0 Å². The standard InChI is InChI=1S/C15H26O4/c1-15(2)18-13(9-5-3-7-11-16)14(19-15)10-6-4-8-12-17/h3-4,7-8,13-14,16-17H,5-6,9-12H2,1-2H3/b7-3+,8-4+/t13-,14-/m0/s1. The topological polar surface area (TPSA) is 58.9 Å². The van der Waals surface area contributed by atoms with Gasteiger partial charge in [-0.3, -0.25) is 0 Å². The Labute approximate surface area is 115 Å². The van der Waals surface area contributed by atoms with Crippen molar-refractivity contribution in [2.45, 2.75) is 57.5 Å². The predicted molar refractivity (Wildman–Crippen MR) is 74.7 cm³/mol. The molecule has 0 spiro atoms. The third-order valence-electron chi connectivity index (χ3n) is 3.06. The second-order valence-electron chi connectivity index (χ2n) is 5.18. The smallest absolute Gasteiger partial charge is 0.163 e. The van der Waals surface area contributed by atoms with E-state index in [1.165, 1.54) is 0 Å². The van der Waals surface area contributed by atoms with Gasteiger partial charge in [0.05, 0.1) is 25.4 Å². The van der Waals surface area contributed by atoms with E-state index in [1.807, 2.05) is 26.0 Å². The van der Waals surface area contributed by atoms with Crippen molar-refractivity contribution in [3.8, 4) is 0 Å². The van der Waals surface area contributed by atoms with Gasteiger partial charge in [0.25, 0.3) is 0 Å². The third kappa shape index (κ3) is 6.34. The predicted octanol–water partition coefficient (Wildman–Crippen LogP) is 2.16. The Morgan fingerprint density at radius 3 is 1.63 bits per heavy atom. The Kier molecular flexibility index (Phi) is 7.31. The maximum absolute atomic E-state index is 8.69. The first-order valence-corrected chi connectivity index (χ1v) is 6.96. The number of allylic oxidation sites excluding steroid dienone is 2. The minimum absolute atomic E-state index is 0.0862. The minimum Gasteiger partial charge on any atom is -0.392 e. The highest BCUT2D eigenvalue weighted by Gasteiger charge is 2.39. The summed E-state index contributed by atoms with van der Waals surface area (Å²) in [5, 5.41) is 17.4. The second-order valence-corrected chi connectivity index (χ2v) is 5.18. The molecule has 2 atom stereocenters. The Hall–Kier alpha value is -0.680. The van der Waals surface area contributed by atoms with Crippen molar-refractivity contribution < 1.29 is 19.7 Å². The zero-order chi connectivity index (χ0) is 14.1. The normalized spacial score (nSPS) is 26.7. The number of rotatable bonds is 8. The lowest BCUT2D eigenvalue weighted by Gasteiger charge is -2.16. The van der Waals surface area contributed by atoms with E-state index in [0.29, 0.717) is 0 Å². The second kappa shape index (κ2) is 8.48. The number of aliphatic hydroxyl groups is 2. The quantitative estimate of drug-likeness (QED) is 0.664. The van der Waals surface area contributed by atoms with Gasteiger partial charge in [-0.2, -0.15) is 0 Å². The monoisotopic (exact) mass is 270 g/mol. The van der Waals surface area contributed by atoms with E-state index in [-0.39, 0.29) is 25.4 Å². The van der Waals surface area contributed by atoms with Crippen LogP contribution >= 0.6 is 0 Å². The lowest BCUT2D eigenvalue weighted by molar-refractivity contribution is -0.147. The summed E-state index contributed by atoms with van der Waals surface area (Å²) in [6.45, 7) is 4.05. The van der Waals surface area contributed by atoms with Crippen LogP contribution in [0.3, 0.4) is 0 Å². The molecule has 1 rings (SSSR count). The summed E-state index contributed by atoms with van der Waals surface area (Å²) in [5.74, 6) is -0.517. The van der Waals surface area contributed by atoms with Crippen molar-refractivity contribution in [1.82, 2.24) is 0 Å². The van der Waals surface area contributed by atoms with Crippen LogP contribution in [0.2, 0.25) is 0 Å². The molecule has 1 heterocycles. The molecule has 2 N–H and O–H groups in total. The van der Waals surface area contributed by atoms with E-state index in [9.17, 15) is 0 Å². The number of ether oxygens (including phenoxy) is 2. The van der Waals surface area contributed by atoms with Gasteiger partial charge in [-0.1, -0.05) is 24.3 Å². The van der Waals surface area contributed by atoms with Crippen LogP contribution in [-0.2, 0) is 9.47 Å². The minimum atomic E-state index is -0.517. The largest absolute Gasteiger partial charge is 0.392 e. The van der Waals surface area contributed by atoms with Gasteiger partial charge in [-0.05, 0) is 39.5 Å². The Balaban J connectivity index is 2.40. The number of hydrogen-bond donors (Lipinski definition) is 2. The van der Waals surface area contributed by atoms with Crippen LogP contribution in [0.15, 0.2) is 24.3 Å². The fourth-order valence-corrected chi connectivity index (χ4v) is 2.30. The van der Waals surface area contributed by atoms with Gasteiger partial charge < -0.3 is 19.7 Å². The van der Waals surface area contributed by atoms with E-state index < -0.39 is 5.79 Å². The van der Waals surface area contributed by atoms with Crippen LogP contribution in [0.5, 0.6) is 0 Å². The van der Waals surface area contributed by atoms with E-state index in [4.69, 9.17) is 19.7 Å². The van der Waals surface area contributed by atoms with Gasteiger partial charge in [0, 0.05) is 0 Å². The Morgan fingerprint density at radius 1 is 0.842 bits per heavy atom. The van der Waals surface area contributed by atoms with Crippen LogP contribution in [-0.4, -0.2) is 41.4 Å². The van der Waals surface area contributed by atoms with E-state index in [0.717, 1.165) is 25.7 Å². The maximum atomic E-state index is 8.69. The fourth-order valence-electron chi connectivity index (χ4n) is 2.30. The average Bonchev–Trinajstić information content (AvgIpc) is 2.65. The first-order valence-electron chi connectivity index (χ1n) is 6.96. The summed E-state index contributed by atoms with van der Waals surface area (Å²) < 4.78 is 11.8. The number of aliphatic hydroxyl groups excluding tert-OH is 2. The molecule has 0 radical (unpaired) electrons. The summed E-state index contributed by atoms with van der Waals surface area (Å²) in [6.07, 6.45) is 11.2. The molecule has 1 aliphatic heterocycles. The van der Waals surface area contributed by atoms with Crippen LogP contribution in [0.25, 0.3) is 0 Å². The van der Waals surface area contributed by atoms with Gasteiger partial charge in [-0.25, -0.2) is 0 Å². The van der Waals surface area contributed by atoms with E-state index in [1.54, 1.807) is 12.2 Å². The van der Waals surface area contributed by atoms with E-state index in [2.05, 4.69) is 0 Å². The molecule has 4 heteroatoms. The summed E-state index contributed by atoms with van der Waals surface area (Å²) in [5.41, 5.74) is 0. The average molecular weight is 270 g/mol. The van der Waals surface area contributed by atoms with Crippen molar-refractivity contribution in [2.24, 2.45) is 0 Å². The molecule has 1 fully saturated rings. The molecule has 19 heavy (non-hydrogen) atoms. The lowest BCUT2D eigenvalue weighted by atomic mass is 10.0. The van der Waals surface area contributed by atoms with Crippen LogP contribution in [0, 0.1) is 0 Å².